The zero-order valence-corrected chi connectivity index (χ0v) is 4.03. The summed E-state index contributed by atoms with van der Waals surface area (Å²) in [5.41, 5.74) is 0. The minimum atomic E-state index is 0.509. The fraction of sp³-hybridized carbons (Fsp3) is 0.500. The van der Waals surface area contributed by atoms with E-state index in [1.807, 2.05) is 0 Å². The van der Waals surface area contributed by atoms with Crippen molar-refractivity contribution in [2.45, 2.75) is 6.42 Å². The van der Waals surface area contributed by atoms with Gasteiger partial charge in [-0.15, -0.1) is 11.6 Å². The largest absolute Gasteiger partial charge is 0.291 e. The monoisotopic (exact) mass is 104 g/mol. The summed E-state index contributed by atoms with van der Waals surface area (Å²) in [7, 11) is 0. The van der Waals surface area contributed by atoms with E-state index in [0.717, 1.165) is 0 Å². The second-order valence-electron chi connectivity index (χ2n) is 0.800. The summed E-state index contributed by atoms with van der Waals surface area (Å²) in [4.78, 5) is 9.32. The Hall–Kier alpha value is -0.0400. The zero-order chi connectivity index (χ0) is 4.83. The molecule has 0 unspecified atom stereocenters. The molecule has 0 amide bonds. The van der Waals surface area contributed by atoms with Crippen LogP contribution in [0.5, 0.6) is 0 Å². The Balaban J connectivity index is 2.49. The van der Waals surface area contributed by atoms with E-state index in [1.54, 1.807) is 6.29 Å². The SMILES string of the molecule is O=[C][CH]CCCl. The highest BCUT2D eigenvalue weighted by Gasteiger charge is 1.78. The highest BCUT2D eigenvalue weighted by molar-refractivity contribution is 6.18. The summed E-state index contributed by atoms with van der Waals surface area (Å²) in [6.07, 6.45) is 3.61. The number of carbonyl (C=O) groups excluding carboxylic acids is 1. The summed E-state index contributed by atoms with van der Waals surface area (Å²) in [5.74, 6) is 0.509. The summed E-state index contributed by atoms with van der Waals surface area (Å²) >= 11 is 5.17. The molecule has 0 saturated heterocycles. The molecule has 2 heteroatoms. The van der Waals surface area contributed by atoms with Crippen molar-refractivity contribution < 1.29 is 4.79 Å². The van der Waals surface area contributed by atoms with E-state index < -0.39 is 0 Å². The molecule has 0 bridgehead atoms. The van der Waals surface area contributed by atoms with Gasteiger partial charge in [0.05, 0.1) is 0 Å². The van der Waals surface area contributed by atoms with E-state index in [-0.39, 0.29) is 0 Å². The van der Waals surface area contributed by atoms with Crippen molar-refractivity contribution in [2.24, 2.45) is 0 Å². The quantitative estimate of drug-likeness (QED) is 0.385. The van der Waals surface area contributed by atoms with E-state index in [9.17, 15) is 4.79 Å². The Labute approximate surface area is 42.3 Å². The van der Waals surface area contributed by atoms with Gasteiger partial charge in [0.15, 0.2) is 0 Å². The first-order valence-corrected chi connectivity index (χ1v) is 2.20. The van der Waals surface area contributed by atoms with Gasteiger partial charge in [0.2, 0.25) is 6.29 Å². The third kappa shape index (κ3) is 3.96. The molecule has 0 aromatic rings. The molecule has 0 aliphatic rings. The lowest BCUT2D eigenvalue weighted by atomic mass is 10.4. The highest BCUT2D eigenvalue weighted by atomic mass is 35.5. The van der Waals surface area contributed by atoms with Crippen LogP contribution < -0.4 is 0 Å². The number of halogens is 1. The number of alkyl halides is 1. The first kappa shape index (κ1) is 5.96. The molecule has 0 aliphatic carbocycles. The van der Waals surface area contributed by atoms with E-state index in [0.29, 0.717) is 12.3 Å². The van der Waals surface area contributed by atoms with Gasteiger partial charge in [-0.05, 0) is 6.42 Å². The van der Waals surface area contributed by atoms with Crippen LogP contribution in [0.15, 0.2) is 0 Å². The topological polar surface area (TPSA) is 17.1 Å². The van der Waals surface area contributed by atoms with Gasteiger partial charge < -0.3 is 0 Å². The Kier molecular flexibility index (Phi) is 4.93. The predicted molar refractivity (Wildman–Crippen MR) is 25.3 cm³/mol. The van der Waals surface area contributed by atoms with Crippen molar-refractivity contribution in [3.05, 3.63) is 6.42 Å². The van der Waals surface area contributed by atoms with Gasteiger partial charge in [0, 0.05) is 12.3 Å². The van der Waals surface area contributed by atoms with Crippen molar-refractivity contribution in [3.8, 4) is 0 Å². The summed E-state index contributed by atoms with van der Waals surface area (Å²) in [5, 5.41) is 0. The van der Waals surface area contributed by atoms with Crippen molar-refractivity contribution >= 4 is 17.9 Å². The molecular weight excluding hydrogens is 99.5 g/mol. The van der Waals surface area contributed by atoms with Gasteiger partial charge in [-0.2, -0.15) is 0 Å². The van der Waals surface area contributed by atoms with Crippen LogP contribution in [0.1, 0.15) is 6.42 Å². The molecule has 6 heavy (non-hydrogen) atoms. The maximum Gasteiger partial charge on any atom is 0.202 e. The van der Waals surface area contributed by atoms with Crippen LogP contribution in [0.4, 0.5) is 0 Å². The van der Waals surface area contributed by atoms with E-state index >= 15 is 0 Å². The molecule has 0 aromatic carbocycles. The molecule has 0 aromatic heterocycles. The van der Waals surface area contributed by atoms with E-state index in [4.69, 9.17) is 11.6 Å². The van der Waals surface area contributed by atoms with Crippen LogP contribution in [0.3, 0.4) is 0 Å². The number of hydrogen-bond donors (Lipinski definition) is 0. The van der Waals surface area contributed by atoms with Gasteiger partial charge in [0.25, 0.3) is 0 Å². The molecule has 0 saturated carbocycles. The molecule has 0 spiro atoms. The third-order valence-electron chi connectivity index (χ3n) is 0.337. The second kappa shape index (κ2) is 4.96. The summed E-state index contributed by atoms with van der Waals surface area (Å²) in [6.45, 7) is 0. The molecule has 0 fully saturated rings. The lowest BCUT2D eigenvalue weighted by Crippen LogP contribution is -1.75. The number of unbranched alkanes of at least 4 members (excludes halogenated alkanes) is 1. The molecule has 0 heterocycles. The Bertz CT molecular complexity index is 36.5. The molecular formula is C4H5ClO. The van der Waals surface area contributed by atoms with Crippen LogP contribution in [0.25, 0.3) is 0 Å². The van der Waals surface area contributed by atoms with Crippen molar-refractivity contribution in [2.75, 3.05) is 5.88 Å². The van der Waals surface area contributed by atoms with E-state index in [1.165, 1.54) is 6.42 Å². The Morgan fingerprint density at radius 1 is 1.83 bits per heavy atom. The standard InChI is InChI=1S/C4H5ClO/c5-3-1-2-4-6/h2H,1,3H2. The van der Waals surface area contributed by atoms with Crippen LogP contribution in [0, 0.1) is 6.42 Å². The van der Waals surface area contributed by atoms with Crippen LogP contribution >= 0.6 is 11.6 Å². The van der Waals surface area contributed by atoms with Gasteiger partial charge in [-0.3, -0.25) is 4.79 Å². The van der Waals surface area contributed by atoms with Crippen LogP contribution in [-0.2, 0) is 4.79 Å². The summed E-state index contributed by atoms with van der Waals surface area (Å²) < 4.78 is 0. The lowest BCUT2D eigenvalue weighted by molar-refractivity contribution is 0.560. The molecule has 0 atom stereocenters. The average molecular weight is 105 g/mol. The Morgan fingerprint density at radius 3 is 2.67 bits per heavy atom. The van der Waals surface area contributed by atoms with Crippen molar-refractivity contribution in [1.29, 1.82) is 0 Å². The average Bonchev–Trinajstić information content (AvgIpc) is 1.61. The maximum absolute atomic E-state index is 9.32. The Morgan fingerprint density at radius 2 is 2.50 bits per heavy atom. The number of hydrogen-bond acceptors (Lipinski definition) is 1. The summed E-state index contributed by atoms with van der Waals surface area (Å²) in [6, 6.07) is 0. The first-order valence-electron chi connectivity index (χ1n) is 1.67. The predicted octanol–water partition coefficient (Wildman–Crippen LogP) is 0.929. The molecule has 34 valence electrons. The van der Waals surface area contributed by atoms with Gasteiger partial charge in [-0.25, -0.2) is 0 Å². The van der Waals surface area contributed by atoms with Crippen molar-refractivity contribution in [1.82, 2.24) is 0 Å². The molecule has 1 nitrogen and oxygen atoms in total. The van der Waals surface area contributed by atoms with Gasteiger partial charge in [-0.1, -0.05) is 0 Å². The first-order chi connectivity index (χ1) is 2.91. The minimum absolute atomic E-state index is 0.509. The highest BCUT2D eigenvalue weighted by Crippen LogP contribution is 1.83. The minimum Gasteiger partial charge on any atom is -0.291 e. The van der Waals surface area contributed by atoms with Crippen LogP contribution in [0.2, 0.25) is 0 Å². The smallest absolute Gasteiger partial charge is 0.202 e. The normalized spacial score (nSPS) is 8.17. The maximum atomic E-state index is 9.32. The molecule has 2 radical (unpaired) electrons. The lowest BCUT2D eigenvalue weighted by Gasteiger charge is -1.75. The van der Waals surface area contributed by atoms with E-state index in [2.05, 4.69) is 0 Å². The zero-order valence-electron chi connectivity index (χ0n) is 3.28. The fourth-order valence-corrected chi connectivity index (χ4v) is 0.223. The molecule has 0 N–H and O–H groups in total. The van der Waals surface area contributed by atoms with Crippen LogP contribution in [-0.4, -0.2) is 12.2 Å². The van der Waals surface area contributed by atoms with Gasteiger partial charge in [0.1, 0.15) is 0 Å². The number of rotatable bonds is 3. The fourth-order valence-electron chi connectivity index (χ4n) is 0.113. The van der Waals surface area contributed by atoms with Gasteiger partial charge >= 0.3 is 0 Å². The second-order valence-corrected chi connectivity index (χ2v) is 1.18. The third-order valence-corrected chi connectivity index (χ3v) is 0.555. The van der Waals surface area contributed by atoms with Crippen molar-refractivity contribution in [3.63, 3.8) is 0 Å². The molecule has 0 aliphatic heterocycles. The molecule has 0 rings (SSSR count).